The number of esters is 1. The predicted molar refractivity (Wildman–Crippen MR) is 98.1 cm³/mol. The Balaban J connectivity index is 2.77. The molecule has 1 aromatic rings. The summed E-state index contributed by atoms with van der Waals surface area (Å²) in [6, 6.07) is 10.3. The van der Waals surface area contributed by atoms with E-state index in [0.717, 1.165) is 6.42 Å². The average Bonchev–Trinajstić information content (AvgIpc) is 2.45. The van der Waals surface area contributed by atoms with Crippen LogP contribution < -0.4 is 0 Å². The molecule has 23 heavy (non-hydrogen) atoms. The van der Waals surface area contributed by atoms with E-state index in [-0.39, 0.29) is 17.1 Å². The van der Waals surface area contributed by atoms with Crippen LogP contribution >= 0.6 is 0 Å². The van der Waals surface area contributed by atoms with E-state index >= 15 is 0 Å². The van der Waals surface area contributed by atoms with Gasteiger partial charge in [-0.25, -0.2) is 0 Å². The number of hydrogen-bond donors (Lipinski definition) is 0. The van der Waals surface area contributed by atoms with E-state index in [1.165, 1.54) is 5.56 Å². The van der Waals surface area contributed by atoms with Gasteiger partial charge in [-0.2, -0.15) is 0 Å². The first-order chi connectivity index (χ1) is 10.7. The van der Waals surface area contributed by atoms with Crippen molar-refractivity contribution in [3.8, 4) is 0 Å². The maximum absolute atomic E-state index is 11.7. The number of hydrogen-bond acceptors (Lipinski definition) is 3. The predicted octanol–water partition coefficient (Wildman–Crippen LogP) is 4.96. The van der Waals surface area contributed by atoms with Crippen molar-refractivity contribution in [2.45, 2.75) is 71.2 Å². The van der Waals surface area contributed by atoms with Gasteiger partial charge in [0.15, 0.2) is 8.32 Å². The highest BCUT2D eigenvalue weighted by Gasteiger charge is 2.39. The summed E-state index contributed by atoms with van der Waals surface area (Å²) in [7, 11) is -1.86. The quantitative estimate of drug-likeness (QED) is 0.497. The molecule has 0 aromatic heterocycles. The molecule has 4 heteroatoms. The summed E-state index contributed by atoms with van der Waals surface area (Å²) >= 11 is 0. The van der Waals surface area contributed by atoms with Gasteiger partial charge in [0.2, 0.25) is 0 Å². The highest BCUT2D eigenvalue weighted by molar-refractivity contribution is 6.74. The first-order valence-corrected chi connectivity index (χ1v) is 11.4. The normalized spacial score (nSPS) is 13.7. The second kappa shape index (κ2) is 8.64. The number of ether oxygens (including phenoxy) is 1. The lowest BCUT2D eigenvalue weighted by Gasteiger charge is -2.39. The van der Waals surface area contributed by atoms with Crippen LogP contribution in [0.3, 0.4) is 0 Å². The molecule has 0 aliphatic carbocycles. The zero-order valence-electron chi connectivity index (χ0n) is 15.5. The standard InChI is InChI=1S/C19H32O3Si/c1-7-21-18(20)14-13-17(15-16-11-9-8-10-12-16)22-23(5,6)19(2,3)4/h8-12,17H,7,13-15H2,1-6H3/t17-/m0/s1. The number of carbonyl (C=O) groups is 1. The largest absolute Gasteiger partial charge is 0.466 e. The minimum Gasteiger partial charge on any atom is -0.466 e. The molecule has 0 heterocycles. The molecule has 0 aliphatic rings. The Hall–Kier alpha value is -1.13. The zero-order chi connectivity index (χ0) is 17.5. The van der Waals surface area contributed by atoms with Gasteiger partial charge in [-0.05, 0) is 43.5 Å². The lowest BCUT2D eigenvalue weighted by atomic mass is 10.0. The molecule has 130 valence electrons. The minimum absolute atomic E-state index is 0.0581. The summed E-state index contributed by atoms with van der Waals surface area (Å²) in [5, 5.41) is 0.159. The SMILES string of the molecule is CCOC(=O)CC[C@@H](Cc1ccccc1)O[Si](C)(C)C(C)(C)C. The molecular weight excluding hydrogens is 304 g/mol. The maximum atomic E-state index is 11.7. The highest BCUT2D eigenvalue weighted by Crippen LogP contribution is 2.38. The van der Waals surface area contributed by atoms with Crippen LogP contribution in [0.4, 0.5) is 0 Å². The molecule has 0 fully saturated rings. The third-order valence-corrected chi connectivity index (χ3v) is 9.08. The van der Waals surface area contributed by atoms with Crippen LogP contribution in [-0.4, -0.2) is 27.0 Å². The molecule has 1 aromatic carbocycles. The first kappa shape index (κ1) is 19.9. The lowest BCUT2D eigenvalue weighted by Crippen LogP contribution is -2.44. The average molecular weight is 337 g/mol. The Kier molecular flexibility index (Phi) is 7.48. The lowest BCUT2D eigenvalue weighted by molar-refractivity contribution is -0.143. The van der Waals surface area contributed by atoms with Gasteiger partial charge in [-0.3, -0.25) is 4.79 Å². The van der Waals surface area contributed by atoms with Gasteiger partial charge in [-0.15, -0.1) is 0 Å². The van der Waals surface area contributed by atoms with E-state index in [9.17, 15) is 4.79 Å². The molecule has 0 aliphatic heterocycles. The summed E-state index contributed by atoms with van der Waals surface area (Å²) in [5.74, 6) is -0.135. The molecule has 1 rings (SSSR count). The third kappa shape index (κ3) is 6.88. The van der Waals surface area contributed by atoms with E-state index in [0.29, 0.717) is 19.4 Å². The number of rotatable bonds is 8. The van der Waals surface area contributed by atoms with Crippen LogP contribution in [0.25, 0.3) is 0 Å². The fourth-order valence-corrected chi connectivity index (χ4v) is 3.57. The maximum Gasteiger partial charge on any atom is 0.305 e. The number of benzene rings is 1. The second-order valence-electron chi connectivity index (χ2n) is 7.53. The van der Waals surface area contributed by atoms with Crippen molar-refractivity contribution in [2.24, 2.45) is 0 Å². The van der Waals surface area contributed by atoms with Crippen molar-refractivity contribution in [1.82, 2.24) is 0 Å². The molecule has 3 nitrogen and oxygen atoms in total. The third-order valence-electron chi connectivity index (χ3n) is 4.55. The minimum atomic E-state index is -1.86. The van der Waals surface area contributed by atoms with Crippen molar-refractivity contribution in [3.05, 3.63) is 35.9 Å². The fraction of sp³-hybridized carbons (Fsp3) is 0.632. The van der Waals surface area contributed by atoms with Gasteiger partial charge in [0.25, 0.3) is 0 Å². The highest BCUT2D eigenvalue weighted by atomic mass is 28.4. The summed E-state index contributed by atoms with van der Waals surface area (Å²) in [6.45, 7) is 13.5. The van der Waals surface area contributed by atoms with Gasteiger partial charge < -0.3 is 9.16 Å². The molecule has 0 bridgehead atoms. The van der Waals surface area contributed by atoms with Crippen LogP contribution in [0.15, 0.2) is 30.3 Å². The van der Waals surface area contributed by atoms with E-state index < -0.39 is 8.32 Å². The fourth-order valence-electron chi connectivity index (χ4n) is 2.19. The Morgan fingerprint density at radius 2 is 1.78 bits per heavy atom. The van der Waals surface area contributed by atoms with Crippen molar-refractivity contribution < 1.29 is 14.0 Å². The molecule has 0 unspecified atom stereocenters. The Morgan fingerprint density at radius 1 is 1.17 bits per heavy atom. The molecule has 0 spiro atoms. The van der Waals surface area contributed by atoms with Gasteiger partial charge in [0.1, 0.15) is 0 Å². The molecule has 0 radical (unpaired) electrons. The van der Waals surface area contributed by atoms with Gasteiger partial charge >= 0.3 is 5.97 Å². The van der Waals surface area contributed by atoms with Crippen LogP contribution in [0.5, 0.6) is 0 Å². The molecular formula is C19H32O3Si. The molecule has 0 saturated carbocycles. The van der Waals surface area contributed by atoms with Crippen LogP contribution in [-0.2, 0) is 20.4 Å². The van der Waals surface area contributed by atoms with Crippen LogP contribution in [0, 0.1) is 0 Å². The smallest absolute Gasteiger partial charge is 0.305 e. The summed E-state index contributed by atoms with van der Waals surface area (Å²) in [5.41, 5.74) is 1.25. The zero-order valence-corrected chi connectivity index (χ0v) is 16.5. The van der Waals surface area contributed by atoms with E-state index in [2.05, 4.69) is 46.0 Å². The van der Waals surface area contributed by atoms with Crippen LogP contribution in [0.2, 0.25) is 18.1 Å². The summed E-state index contributed by atoms with van der Waals surface area (Å²) < 4.78 is 11.6. The Bertz CT molecular complexity index is 477. The Morgan fingerprint density at radius 3 is 2.30 bits per heavy atom. The van der Waals surface area contributed by atoms with Crippen molar-refractivity contribution in [3.63, 3.8) is 0 Å². The van der Waals surface area contributed by atoms with Gasteiger partial charge in [-0.1, -0.05) is 51.1 Å². The van der Waals surface area contributed by atoms with Gasteiger partial charge in [0.05, 0.1) is 6.61 Å². The van der Waals surface area contributed by atoms with E-state index in [4.69, 9.17) is 9.16 Å². The topological polar surface area (TPSA) is 35.5 Å². The van der Waals surface area contributed by atoms with Crippen molar-refractivity contribution in [2.75, 3.05) is 6.61 Å². The van der Waals surface area contributed by atoms with Crippen molar-refractivity contribution >= 4 is 14.3 Å². The van der Waals surface area contributed by atoms with Crippen LogP contribution in [0.1, 0.15) is 46.1 Å². The number of carbonyl (C=O) groups excluding carboxylic acids is 1. The molecule has 0 N–H and O–H groups in total. The molecule has 1 atom stereocenters. The first-order valence-electron chi connectivity index (χ1n) is 8.53. The molecule has 0 saturated heterocycles. The van der Waals surface area contributed by atoms with E-state index in [1.54, 1.807) is 0 Å². The van der Waals surface area contributed by atoms with Crippen molar-refractivity contribution in [1.29, 1.82) is 0 Å². The van der Waals surface area contributed by atoms with E-state index in [1.807, 2.05) is 25.1 Å². The molecule has 0 amide bonds. The second-order valence-corrected chi connectivity index (χ2v) is 12.3. The summed E-state index contributed by atoms with van der Waals surface area (Å²) in [6.07, 6.45) is 2.02. The monoisotopic (exact) mass is 336 g/mol. The van der Waals surface area contributed by atoms with Gasteiger partial charge in [0, 0.05) is 12.5 Å². The summed E-state index contributed by atoms with van der Waals surface area (Å²) in [4.78, 5) is 11.7. The Labute approximate surface area is 142 Å².